The second-order valence-electron chi connectivity index (χ2n) is 4.43. The molecule has 4 nitrogen and oxygen atoms in total. The van der Waals surface area contributed by atoms with Crippen molar-refractivity contribution in [1.82, 2.24) is 0 Å². The Morgan fingerprint density at radius 2 is 1.84 bits per heavy atom. The number of carbonyl (C=O) groups excluding carboxylic acids is 1. The van der Waals surface area contributed by atoms with E-state index in [0.717, 1.165) is 5.56 Å². The Morgan fingerprint density at radius 1 is 1.11 bits per heavy atom. The highest BCUT2D eigenvalue weighted by atomic mass is 16.5. The molecule has 0 bridgehead atoms. The van der Waals surface area contributed by atoms with Gasteiger partial charge in [-0.1, -0.05) is 12.1 Å². The van der Waals surface area contributed by atoms with Gasteiger partial charge < -0.3 is 16.2 Å². The van der Waals surface area contributed by atoms with Crippen molar-refractivity contribution in [3.05, 3.63) is 53.1 Å². The third-order valence-electron chi connectivity index (χ3n) is 3.04. The predicted molar refractivity (Wildman–Crippen MR) is 75.4 cm³/mol. The molecule has 2 rings (SSSR count). The number of anilines is 1. The molecule has 2 aromatic carbocycles. The lowest BCUT2D eigenvalue weighted by Crippen LogP contribution is -2.13. The van der Waals surface area contributed by atoms with Gasteiger partial charge in [0.1, 0.15) is 5.75 Å². The van der Waals surface area contributed by atoms with E-state index in [2.05, 4.69) is 0 Å². The van der Waals surface area contributed by atoms with E-state index in [-0.39, 0.29) is 11.3 Å². The maximum atomic E-state index is 11.2. The average molecular weight is 256 g/mol. The van der Waals surface area contributed by atoms with E-state index in [1.54, 1.807) is 18.2 Å². The van der Waals surface area contributed by atoms with Crippen molar-refractivity contribution in [3.63, 3.8) is 0 Å². The van der Waals surface area contributed by atoms with Gasteiger partial charge in [-0.15, -0.1) is 0 Å². The molecule has 98 valence electrons. The number of ether oxygens (including phenoxy) is 1. The number of carbonyl (C=O) groups is 1. The van der Waals surface area contributed by atoms with E-state index in [1.165, 1.54) is 5.56 Å². The quantitative estimate of drug-likeness (QED) is 0.829. The molecule has 0 spiro atoms. The van der Waals surface area contributed by atoms with Crippen LogP contribution in [0.25, 0.3) is 0 Å². The molecule has 0 atom stereocenters. The van der Waals surface area contributed by atoms with E-state index in [9.17, 15) is 4.79 Å². The summed E-state index contributed by atoms with van der Waals surface area (Å²) in [5.41, 5.74) is 14.0. The summed E-state index contributed by atoms with van der Waals surface area (Å²) in [7, 11) is 0. The summed E-state index contributed by atoms with van der Waals surface area (Å²) in [4.78, 5) is 11.2. The molecule has 0 unspecified atom stereocenters. The van der Waals surface area contributed by atoms with Gasteiger partial charge in [0.05, 0.1) is 11.3 Å². The van der Waals surface area contributed by atoms with Crippen LogP contribution in [0.2, 0.25) is 0 Å². The van der Waals surface area contributed by atoms with Gasteiger partial charge in [-0.2, -0.15) is 0 Å². The van der Waals surface area contributed by atoms with Crippen LogP contribution in [-0.4, -0.2) is 5.91 Å². The van der Waals surface area contributed by atoms with Gasteiger partial charge in [-0.25, -0.2) is 0 Å². The van der Waals surface area contributed by atoms with E-state index < -0.39 is 5.91 Å². The SMILES string of the molecule is Cc1ccc(Oc2cccc(C(N)=O)c2N)cc1C. The zero-order valence-corrected chi connectivity index (χ0v) is 10.9. The number of hydrogen-bond acceptors (Lipinski definition) is 3. The lowest BCUT2D eigenvalue weighted by Gasteiger charge is -2.11. The Bertz CT molecular complexity index is 636. The van der Waals surface area contributed by atoms with Crippen molar-refractivity contribution >= 4 is 11.6 Å². The molecule has 0 saturated carbocycles. The first-order valence-electron chi connectivity index (χ1n) is 5.92. The molecular weight excluding hydrogens is 240 g/mol. The molecule has 4 N–H and O–H groups in total. The lowest BCUT2D eigenvalue weighted by molar-refractivity contribution is 0.100. The molecular formula is C15H16N2O2. The molecule has 0 aliphatic carbocycles. The topological polar surface area (TPSA) is 78.3 Å². The lowest BCUT2D eigenvalue weighted by atomic mass is 10.1. The van der Waals surface area contributed by atoms with Crippen LogP contribution in [0.5, 0.6) is 11.5 Å². The number of rotatable bonds is 3. The van der Waals surface area contributed by atoms with Gasteiger partial charge >= 0.3 is 0 Å². The molecule has 0 fully saturated rings. The third kappa shape index (κ3) is 2.68. The minimum absolute atomic E-state index is 0.258. The molecule has 0 radical (unpaired) electrons. The van der Waals surface area contributed by atoms with Crippen molar-refractivity contribution in [2.24, 2.45) is 5.73 Å². The van der Waals surface area contributed by atoms with Gasteiger partial charge in [-0.3, -0.25) is 4.79 Å². The Kier molecular flexibility index (Phi) is 3.42. The first-order chi connectivity index (χ1) is 8.99. The van der Waals surface area contributed by atoms with Gasteiger partial charge in [0.15, 0.2) is 5.75 Å². The van der Waals surface area contributed by atoms with E-state index in [0.29, 0.717) is 11.5 Å². The number of hydrogen-bond donors (Lipinski definition) is 2. The van der Waals surface area contributed by atoms with Crippen LogP contribution < -0.4 is 16.2 Å². The van der Waals surface area contributed by atoms with E-state index in [1.807, 2.05) is 32.0 Å². The van der Waals surface area contributed by atoms with Crippen molar-refractivity contribution in [2.45, 2.75) is 13.8 Å². The fourth-order valence-electron chi connectivity index (χ4n) is 1.75. The maximum Gasteiger partial charge on any atom is 0.250 e. The summed E-state index contributed by atoms with van der Waals surface area (Å²) in [6.07, 6.45) is 0. The number of aryl methyl sites for hydroxylation is 2. The second kappa shape index (κ2) is 5.02. The number of amides is 1. The fourth-order valence-corrected chi connectivity index (χ4v) is 1.75. The summed E-state index contributed by atoms with van der Waals surface area (Å²) < 4.78 is 5.70. The molecule has 0 saturated heterocycles. The normalized spacial score (nSPS) is 10.2. The fraction of sp³-hybridized carbons (Fsp3) is 0.133. The Balaban J connectivity index is 2.35. The molecule has 0 heterocycles. The van der Waals surface area contributed by atoms with Crippen molar-refractivity contribution in [3.8, 4) is 11.5 Å². The first kappa shape index (κ1) is 13.0. The van der Waals surface area contributed by atoms with Crippen LogP contribution in [0, 0.1) is 13.8 Å². The highest BCUT2D eigenvalue weighted by Gasteiger charge is 2.11. The zero-order valence-electron chi connectivity index (χ0n) is 10.9. The molecule has 0 aliphatic rings. The highest BCUT2D eigenvalue weighted by Crippen LogP contribution is 2.30. The summed E-state index contributed by atoms with van der Waals surface area (Å²) in [6.45, 7) is 4.03. The first-order valence-corrected chi connectivity index (χ1v) is 5.92. The van der Waals surface area contributed by atoms with Crippen LogP contribution in [0.15, 0.2) is 36.4 Å². The zero-order chi connectivity index (χ0) is 14.0. The average Bonchev–Trinajstić information content (AvgIpc) is 2.36. The predicted octanol–water partition coefficient (Wildman–Crippen LogP) is 2.78. The maximum absolute atomic E-state index is 11.2. The smallest absolute Gasteiger partial charge is 0.250 e. The van der Waals surface area contributed by atoms with Crippen LogP contribution >= 0.6 is 0 Å². The van der Waals surface area contributed by atoms with E-state index >= 15 is 0 Å². The Hall–Kier alpha value is -2.49. The molecule has 19 heavy (non-hydrogen) atoms. The van der Waals surface area contributed by atoms with Crippen molar-refractivity contribution in [2.75, 3.05) is 5.73 Å². The third-order valence-corrected chi connectivity index (χ3v) is 3.04. The summed E-state index contributed by atoms with van der Waals surface area (Å²) in [5, 5.41) is 0. The van der Waals surface area contributed by atoms with Gasteiger partial charge in [0.25, 0.3) is 5.91 Å². The van der Waals surface area contributed by atoms with Gasteiger partial charge in [0.2, 0.25) is 0 Å². The molecule has 1 amide bonds. The molecule has 2 aromatic rings. The number of nitrogens with two attached hydrogens (primary N) is 2. The molecule has 4 heteroatoms. The summed E-state index contributed by atoms with van der Waals surface area (Å²) in [5.74, 6) is 0.541. The van der Waals surface area contributed by atoms with Gasteiger partial charge in [-0.05, 0) is 49.2 Å². The van der Waals surface area contributed by atoms with Crippen LogP contribution in [-0.2, 0) is 0 Å². The van der Waals surface area contributed by atoms with Crippen molar-refractivity contribution < 1.29 is 9.53 Å². The second-order valence-corrected chi connectivity index (χ2v) is 4.43. The number of benzene rings is 2. The van der Waals surface area contributed by atoms with E-state index in [4.69, 9.17) is 16.2 Å². The highest BCUT2D eigenvalue weighted by molar-refractivity contribution is 5.99. The van der Waals surface area contributed by atoms with Gasteiger partial charge in [0, 0.05) is 0 Å². The number of primary amides is 1. The molecule has 0 aliphatic heterocycles. The summed E-state index contributed by atoms with van der Waals surface area (Å²) in [6, 6.07) is 10.7. The minimum atomic E-state index is -0.567. The standard InChI is InChI=1S/C15H16N2O2/c1-9-6-7-11(8-10(9)2)19-13-5-3-4-12(14(13)16)15(17)18/h3-8H,16H2,1-2H3,(H2,17,18). The monoisotopic (exact) mass is 256 g/mol. The van der Waals surface area contributed by atoms with Crippen LogP contribution in [0.1, 0.15) is 21.5 Å². The number of para-hydroxylation sites is 1. The Labute approximate surface area is 112 Å². The Morgan fingerprint density at radius 3 is 2.47 bits per heavy atom. The van der Waals surface area contributed by atoms with Crippen molar-refractivity contribution in [1.29, 1.82) is 0 Å². The summed E-state index contributed by atoms with van der Waals surface area (Å²) >= 11 is 0. The van der Waals surface area contributed by atoms with Crippen LogP contribution in [0.3, 0.4) is 0 Å². The molecule has 0 aromatic heterocycles. The van der Waals surface area contributed by atoms with Crippen LogP contribution in [0.4, 0.5) is 5.69 Å². The number of nitrogen functional groups attached to an aromatic ring is 1. The minimum Gasteiger partial charge on any atom is -0.455 e. The largest absolute Gasteiger partial charge is 0.455 e.